The Labute approximate surface area is 78.6 Å². The van der Waals surface area contributed by atoms with Crippen LogP contribution in [0.25, 0.3) is 0 Å². The van der Waals surface area contributed by atoms with Crippen LogP contribution in [0.3, 0.4) is 0 Å². The Hall–Kier alpha value is -1.06. The van der Waals surface area contributed by atoms with Crippen LogP contribution >= 0.6 is 0 Å². The largest absolute Gasteiger partial charge is 0.460 e. The highest BCUT2D eigenvalue weighted by Crippen LogP contribution is 2.08. The Bertz CT molecular complexity index is 172. The molecule has 0 radical (unpaired) electrons. The van der Waals surface area contributed by atoms with E-state index in [4.69, 9.17) is 4.74 Å². The lowest BCUT2D eigenvalue weighted by atomic mass is 10.2. The van der Waals surface area contributed by atoms with Crippen molar-refractivity contribution in [1.82, 2.24) is 5.32 Å². The zero-order valence-corrected chi connectivity index (χ0v) is 8.42. The summed E-state index contributed by atoms with van der Waals surface area (Å²) in [6, 6.07) is 0. The van der Waals surface area contributed by atoms with Crippen molar-refractivity contribution in [2.75, 3.05) is 6.54 Å². The van der Waals surface area contributed by atoms with Gasteiger partial charge in [-0.25, -0.2) is 0 Å². The monoisotopic (exact) mass is 187 g/mol. The molecule has 0 aromatic rings. The maximum Gasteiger partial charge on any atom is 0.306 e. The molecule has 0 spiro atoms. The predicted octanol–water partition coefficient (Wildman–Crippen LogP) is 0.854. The van der Waals surface area contributed by atoms with Gasteiger partial charge in [-0.3, -0.25) is 9.59 Å². The van der Waals surface area contributed by atoms with Gasteiger partial charge in [-0.1, -0.05) is 0 Å². The Balaban J connectivity index is 3.47. The van der Waals surface area contributed by atoms with E-state index >= 15 is 0 Å². The minimum atomic E-state index is -0.421. The van der Waals surface area contributed by atoms with Crippen molar-refractivity contribution in [3.8, 4) is 0 Å². The number of rotatable bonds is 5. The number of amides is 1. The van der Waals surface area contributed by atoms with Gasteiger partial charge in [-0.15, -0.1) is 0 Å². The summed E-state index contributed by atoms with van der Waals surface area (Å²) in [5.41, 5.74) is -0.421. The Morgan fingerprint density at radius 3 is 2.54 bits per heavy atom. The molecule has 0 unspecified atom stereocenters. The quantitative estimate of drug-likeness (QED) is 0.394. The molecule has 0 bridgehead atoms. The Morgan fingerprint density at radius 1 is 1.46 bits per heavy atom. The number of hydrogen-bond donors (Lipinski definition) is 1. The molecule has 0 saturated heterocycles. The van der Waals surface area contributed by atoms with Gasteiger partial charge in [-0.05, 0) is 27.2 Å². The maximum absolute atomic E-state index is 11.1. The smallest absolute Gasteiger partial charge is 0.306 e. The number of ether oxygens (including phenoxy) is 1. The first-order valence-corrected chi connectivity index (χ1v) is 4.34. The third-order valence-corrected chi connectivity index (χ3v) is 1.21. The lowest BCUT2D eigenvalue weighted by Crippen LogP contribution is -2.24. The van der Waals surface area contributed by atoms with Gasteiger partial charge in [0.2, 0.25) is 6.41 Å². The van der Waals surface area contributed by atoms with E-state index in [2.05, 4.69) is 5.32 Å². The highest BCUT2D eigenvalue weighted by molar-refractivity contribution is 5.69. The fraction of sp³-hybridized carbons (Fsp3) is 0.778. The second kappa shape index (κ2) is 5.56. The van der Waals surface area contributed by atoms with Crippen LogP contribution in [0.2, 0.25) is 0 Å². The minimum absolute atomic E-state index is 0.222. The predicted molar refractivity (Wildman–Crippen MR) is 49.1 cm³/mol. The summed E-state index contributed by atoms with van der Waals surface area (Å²) in [6.07, 6.45) is 1.58. The van der Waals surface area contributed by atoms with Crippen molar-refractivity contribution >= 4 is 12.4 Å². The summed E-state index contributed by atoms with van der Waals surface area (Å²) in [5, 5.41) is 2.48. The topological polar surface area (TPSA) is 55.4 Å². The number of hydrogen-bond acceptors (Lipinski definition) is 3. The molecule has 0 aliphatic rings. The van der Waals surface area contributed by atoms with Crippen LogP contribution in [-0.4, -0.2) is 24.5 Å². The van der Waals surface area contributed by atoms with Crippen LogP contribution in [0.4, 0.5) is 0 Å². The molecule has 0 fully saturated rings. The van der Waals surface area contributed by atoms with Gasteiger partial charge in [0.25, 0.3) is 0 Å². The molecule has 13 heavy (non-hydrogen) atoms. The molecule has 0 aliphatic heterocycles. The van der Waals surface area contributed by atoms with Crippen molar-refractivity contribution in [3.63, 3.8) is 0 Å². The number of carbonyl (C=O) groups excluding carboxylic acids is 2. The van der Waals surface area contributed by atoms with Crippen molar-refractivity contribution in [2.45, 2.75) is 39.2 Å². The average molecular weight is 187 g/mol. The highest BCUT2D eigenvalue weighted by Gasteiger charge is 2.15. The van der Waals surface area contributed by atoms with Crippen molar-refractivity contribution in [3.05, 3.63) is 0 Å². The zero-order valence-electron chi connectivity index (χ0n) is 8.42. The van der Waals surface area contributed by atoms with Crippen LogP contribution < -0.4 is 5.32 Å². The first-order chi connectivity index (χ1) is 5.95. The molecule has 0 saturated carbocycles. The van der Waals surface area contributed by atoms with Gasteiger partial charge in [0.05, 0.1) is 0 Å². The lowest BCUT2D eigenvalue weighted by Gasteiger charge is -2.19. The standard InChI is InChI=1S/C9H17NO3/c1-9(2,3)13-8(12)5-4-6-10-7-11/h7H,4-6H2,1-3H3,(H,10,11). The van der Waals surface area contributed by atoms with Gasteiger partial charge < -0.3 is 10.1 Å². The molecule has 4 nitrogen and oxygen atoms in total. The molecule has 0 aromatic heterocycles. The van der Waals surface area contributed by atoms with Crippen molar-refractivity contribution in [1.29, 1.82) is 0 Å². The van der Waals surface area contributed by atoms with E-state index in [1.54, 1.807) is 0 Å². The average Bonchev–Trinajstić information content (AvgIpc) is 1.94. The first-order valence-electron chi connectivity index (χ1n) is 4.34. The van der Waals surface area contributed by atoms with Crippen LogP contribution in [0.15, 0.2) is 0 Å². The lowest BCUT2D eigenvalue weighted by molar-refractivity contribution is -0.154. The molecule has 0 rings (SSSR count). The van der Waals surface area contributed by atoms with Crippen molar-refractivity contribution in [2.24, 2.45) is 0 Å². The SMILES string of the molecule is CC(C)(C)OC(=O)CCCNC=O. The van der Waals surface area contributed by atoms with Gasteiger partial charge >= 0.3 is 5.97 Å². The maximum atomic E-state index is 11.1. The fourth-order valence-corrected chi connectivity index (χ4v) is 0.786. The molecule has 0 aromatic carbocycles. The number of carbonyl (C=O) groups is 2. The summed E-state index contributed by atoms with van der Waals surface area (Å²) < 4.78 is 5.06. The van der Waals surface area contributed by atoms with E-state index in [-0.39, 0.29) is 5.97 Å². The molecule has 0 aliphatic carbocycles. The molecule has 76 valence electrons. The minimum Gasteiger partial charge on any atom is -0.460 e. The number of nitrogens with one attached hydrogen (secondary N) is 1. The fourth-order valence-electron chi connectivity index (χ4n) is 0.786. The Kier molecular flexibility index (Phi) is 5.11. The molecular formula is C9H17NO3. The summed E-state index contributed by atoms with van der Waals surface area (Å²) in [4.78, 5) is 20.9. The van der Waals surface area contributed by atoms with Crippen LogP contribution in [0, 0.1) is 0 Å². The Morgan fingerprint density at radius 2 is 2.08 bits per heavy atom. The van der Waals surface area contributed by atoms with E-state index in [1.807, 2.05) is 20.8 Å². The van der Waals surface area contributed by atoms with Gasteiger partial charge in [0.15, 0.2) is 0 Å². The van der Waals surface area contributed by atoms with E-state index < -0.39 is 5.60 Å². The molecule has 1 amide bonds. The summed E-state index contributed by atoms with van der Waals surface area (Å²) in [6.45, 7) is 6.00. The van der Waals surface area contributed by atoms with Gasteiger partial charge in [0, 0.05) is 13.0 Å². The summed E-state index contributed by atoms with van der Waals surface area (Å²) in [5.74, 6) is -0.222. The van der Waals surface area contributed by atoms with E-state index in [9.17, 15) is 9.59 Å². The van der Waals surface area contributed by atoms with E-state index in [0.29, 0.717) is 25.8 Å². The summed E-state index contributed by atoms with van der Waals surface area (Å²) in [7, 11) is 0. The highest BCUT2D eigenvalue weighted by atomic mass is 16.6. The summed E-state index contributed by atoms with van der Waals surface area (Å²) >= 11 is 0. The molecule has 4 heteroatoms. The van der Waals surface area contributed by atoms with Crippen molar-refractivity contribution < 1.29 is 14.3 Å². The van der Waals surface area contributed by atoms with Crippen LogP contribution in [0.5, 0.6) is 0 Å². The normalized spacial score (nSPS) is 10.7. The second-order valence-electron chi connectivity index (χ2n) is 3.76. The van der Waals surface area contributed by atoms with Crippen LogP contribution in [0.1, 0.15) is 33.6 Å². The molecular weight excluding hydrogens is 170 g/mol. The first kappa shape index (κ1) is 11.9. The molecule has 0 heterocycles. The second-order valence-corrected chi connectivity index (χ2v) is 3.76. The number of esters is 1. The third kappa shape index (κ3) is 8.85. The van der Waals surface area contributed by atoms with E-state index in [1.165, 1.54) is 0 Å². The molecule has 0 atom stereocenters. The third-order valence-electron chi connectivity index (χ3n) is 1.21. The van der Waals surface area contributed by atoms with Gasteiger partial charge in [0.1, 0.15) is 5.60 Å². The van der Waals surface area contributed by atoms with Gasteiger partial charge in [-0.2, -0.15) is 0 Å². The zero-order chi connectivity index (χ0) is 10.3. The van der Waals surface area contributed by atoms with E-state index in [0.717, 1.165) is 0 Å². The van der Waals surface area contributed by atoms with Crippen LogP contribution in [-0.2, 0) is 14.3 Å². The molecule has 1 N–H and O–H groups in total.